The summed E-state index contributed by atoms with van der Waals surface area (Å²) in [6.45, 7) is 0.334. The Morgan fingerprint density at radius 2 is 1.81 bits per heavy atom. The quantitative estimate of drug-likeness (QED) is 0.838. The highest BCUT2D eigenvalue weighted by Crippen LogP contribution is 2.32. The molecule has 0 spiro atoms. The number of rotatable bonds is 5. The Kier molecular flexibility index (Phi) is 5.10. The molecule has 3 rings (SSSR count). The van der Waals surface area contributed by atoms with E-state index in [1.54, 1.807) is 36.4 Å². The second-order valence-corrected chi connectivity index (χ2v) is 9.57. The smallest absolute Gasteiger partial charge is 0.265 e. The van der Waals surface area contributed by atoms with Crippen LogP contribution in [-0.2, 0) is 20.0 Å². The summed E-state index contributed by atoms with van der Waals surface area (Å²) in [7, 11) is -6.02. The second kappa shape index (κ2) is 7.16. The van der Waals surface area contributed by atoms with Crippen molar-refractivity contribution < 1.29 is 21.6 Å². The van der Waals surface area contributed by atoms with E-state index < -0.39 is 20.0 Å². The van der Waals surface area contributed by atoms with Gasteiger partial charge in [-0.1, -0.05) is 18.2 Å². The number of hydrogen-bond acceptors (Lipinski definition) is 5. The zero-order valence-corrected chi connectivity index (χ0v) is 15.9. The lowest BCUT2D eigenvalue weighted by molar-refractivity contribution is 0.403. The number of benzene rings is 2. The molecule has 0 bridgehead atoms. The van der Waals surface area contributed by atoms with Crippen LogP contribution in [0.25, 0.3) is 0 Å². The number of para-hydroxylation sites is 1. The Bertz CT molecular complexity index is 989. The van der Waals surface area contributed by atoms with Crippen LogP contribution in [0.2, 0.25) is 0 Å². The number of hydrogen-bond donors (Lipinski definition) is 1. The molecular weight excluding hydrogens is 376 g/mol. The van der Waals surface area contributed by atoms with Gasteiger partial charge in [-0.2, -0.15) is 0 Å². The van der Waals surface area contributed by atoms with Gasteiger partial charge in [0.1, 0.15) is 10.6 Å². The summed E-state index contributed by atoms with van der Waals surface area (Å²) in [5, 5.41) is 0. The SMILES string of the molecule is COc1ccc(N2CCCCS2(=O)=O)cc1S(=O)(=O)Nc1ccccc1. The van der Waals surface area contributed by atoms with Crippen molar-refractivity contribution in [1.82, 2.24) is 0 Å². The van der Waals surface area contributed by atoms with Gasteiger partial charge < -0.3 is 4.74 Å². The van der Waals surface area contributed by atoms with Crippen molar-refractivity contribution in [2.45, 2.75) is 17.7 Å². The van der Waals surface area contributed by atoms with Crippen molar-refractivity contribution >= 4 is 31.4 Å². The molecule has 0 radical (unpaired) electrons. The standard InChI is InChI=1S/C17H20N2O5S2/c1-24-16-10-9-15(19-11-5-6-12-25(19,20)21)13-17(16)26(22,23)18-14-7-3-2-4-8-14/h2-4,7-10,13,18H,5-6,11-12H2,1H3. The minimum Gasteiger partial charge on any atom is -0.495 e. The van der Waals surface area contributed by atoms with Crippen molar-refractivity contribution in [3.63, 3.8) is 0 Å². The van der Waals surface area contributed by atoms with E-state index in [0.717, 1.165) is 6.42 Å². The Morgan fingerprint density at radius 1 is 1.08 bits per heavy atom. The lowest BCUT2D eigenvalue weighted by Gasteiger charge is -2.28. The average Bonchev–Trinajstić information content (AvgIpc) is 2.61. The summed E-state index contributed by atoms with van der Waals surface area (Å²) in [6, 6.07) is 12.8. The lowest BCUT2D eigenvalue weighted by Crippen LogP contribution is -2.37. The average molecular weight is 396 g/mol. The normalized spacial score (nSPS) is 16.9. The fourth-order valence-electron chi connectivity index (χ4n) is 2.83. The molecule has 0 unspecified atom stereocenters. The predicted molar refractivity (Wildman–Crippen MR) is 101 cm³/mol. The van der Waals surface area contributed by atoms with Crippen LogP contribution in [0.4, 0.5) is 11.4 Å². The molecule has 2 aromatic carbocycles. The molecule has 1 N–H and O–H groups in total. The molecule has 0 saturated carbocycles. The number of anilines is 2. The third kappa shape index (κ3) is 3.78. The van der Waals surface area contributed by atoms with Gasteiger partial charge in [0.05, 0.1) is 18.6 Å². The molecule has 9 heteroatoms. The fraction of sp³-hybridized carbons (Fsp3) is 0.294. The van der Waals surface area contributed by atoms with Gasteiger partial charge in [0.2, 0.25) is 10.0 Å². The number of nitrogens with zero attached hydrogens (tertiary/aromatic N) is 1. The Morgan fingerprint density at radius 3 is 2.46 bits per heavy atom. The largest absolute Gasteiger partial charge is 0.495 e. The van der Waals surface area contributed by atoms with Crippen LogP contribution in [0.5, 0.6) is 5.75 Å². The zero-order chi connectivity index (χ0) is 18.8. The third-order valence-corrected chi connectivity index (χ3v) is 7.37. The van der Waals surface area contributed by atoms with E-state index >= 15 is 0 Å². The molecule has 1 fully saturated rings. The molecule has 1 heterocycles. The van der Waals surface area contributed by atoms with Crippen LogP contribution in [0.15, 0.2) is 53.4 Å². The van der Waals surface area contributed by atoms with E-state index in [4.69, 9.17) is 4.74 Å². The van der Waals surface area contributed by atoms with Crippen molar-refractivity contribution in [3.05, 3.63) is 48.5 Å². The minimum absolute atomic E-state index is 0.0589. The molecule has 2 aromatic rings. The van der Waals surface area contributed by atoms with Crippen molar-refractivity contribution in [2.75, 3.05) is 28.4 Å². The van der Waals surface area contributed by atoms with Gasteiger partial charge >= 0.3 is 0 Å². The molecule has 0 aromatic heterocycles. The van der Waals surface area contributed by atoms with Crippen LogP contribution >= 0.6 is 0 Å². The van der Waals surface area contributed by atoms with Gasteiger partial charge in [-0.3, -0.25) is 9.03 Å². The first-order valence-electron chi connectivity index (χ1n) is 8.10. The topological polar surface area (TPSA) is 92.8 Å². The third-order valence-electron chi connectivity index (χ3n) is 4.10. The van der Waals surface area contributed by atoms with E-state index in [0.29, 0.717) is 24.3 Å². The van der Waals surface area contributed by atoms with Gasteiger partial charge in [0.15, 0.2) is 0 Å². The Balaban J connectivity index is 2.03. The van der Waals surface area contributed by atoms with Crippen molar-refractivity contribution in [3.8, 4) is 5.75 Å². The summed E-state index contributed by atoms with van der Waals surface area (Å²) in [5.74, 6) is 0.204. The molecule has 140 valence electrons. The molecule has 1 saturated heterocycles. The summed E-state index contributed by atoms with van der Waals surface area (Å²) in [5.41, 5.74) is 0.726. The van der Waals surface area contributed by atoms with Gasteiger partial charge in [0.25, 0.3) is 10.0 Å². The first-order valence-corrected chi connectivity index (χ1v) is 11.2. The monoisotopic (exact) mass is 396 g/mol. The highest BCUT2D eigenvalue weighted by atomic mass is 32.2. The first-order chi connectivity index (χ1) is 12.3. The summed E-state index contributed by atoms with van der Waals surface area (Å²) >= 11 is 0. The van der Waals surface area contributed by atoms with E-state index in [2.05, 4.69) is 4.72 Å². The number of methoxy groups -OCH3 is 1. The van der Waals surface area contributed by atoms with Gasteiger partial charge in [-0.25, -0.2) is 16.8 Å². The summed E-state index contributed by atoms with van der Waals surface area (Å²) in [4.78, 5) is -0.109. The predicted octanol–water partition coefficient (Wildman–Crippen LogP) is 2.43. The highest BCUT2D eigenvalue weighted by Gasteiger charge is 2.28. The lowest BCUT2D eigenvalue weighted by atomic mass is 10.2. The molecule has 26 heavy (non-hydrogen) atoms. The van der Waals surface area contributed by atoms with E-state index in [1.807, 2.05) is 0 Å². The maximum atomic E-state index is 12.8. The second-order valence-electron chi connectivity index (χ2n) is 5.90. The summed E-state index contributed by atoms with van der Waals surface area (Å²) in [6.07, 6.45) is 1.34. The van der Waals surface area contributed by atoms with Crippen LogP contribution in [-0.4, -0.2) is 36.2 Å². The maximum absolute atomic E-state index is 12.8. The van der Waals surface area contributed by atoms with Crippen LogP contribution in [0.1, 0.15) is 12.8 Å². The van der Waals surface area contributed by atoms with Crippen LogP contribution in [0.3, 0.4) is 0 Å². The number of ether oxygens (including phenoxy) is 1. The van der Waals surface area contributed by atoms with Gasteiger partial charge in [-0.05, 0) is 43.2 Å². The van der Waals surface area contributed by atoms with Gasteiger partial charge in [-0.15, -0.1) is 0 Å². The first kappa shape index (κ1) is 18.5. The number of sulfonamides is 2. The Labute approximate surface area is 153 Å². The minimum atomic E-state index is -3.95. The Hall–Kier alpha value is -2.26. The van der Waals surface area contributed by atoms with E-state index in [1.165, 1.54) is 23.5 Å². The van der Waals surface area contributed by atoms with Crippen molar-refractivity contribution in [1.29, 1.82) is 0 Å². The fourth-order valence-corrected chi connectivity index (χ4v) is 5.71. The molecule has 0 aliphatic carbocycles. The summed E-state index contributed by atoms with van der Waals surface area (Å²) < 4.78 is 59.2. The molecule has 0 atom stereocenters. The van der Waals surface area contributed by atoms with E-state index in [-0.39, 0.29) is 16.4 Å². The molecule has 7 nitrogen and oxygen atoms in total. The van der Waals surface area contributed by atoms with Gasteiger partial charge in [0, 0.05) is 12.2 Å². The molecule has 0 amide bonds. The van der Waals surface area contributed by atoms with Crippen LogP contribution < -0.4 is 13.8 Å². The van der Waals surface area contributed by atoms with E-state index in [9.17, 15) is 16.8 Å². The zero-order valence-electron chi connectivity index (χ0n) is 14.3. The number of nitrogens with one attached hydrogen (secondary N) is 1. The molecular formula is C17H20N2O5S2. The molecule has 1 aliphatic rings. The maximum Gasteiger partial charge on any atom is 0.265 e. The van der Waals surface area contributed by atoms with Crippen molar-refractivity contribution in [2.24, 2.45) is 0 Å². The molecule has 1 aliphatic heterocycles. The van der Waals surface area contributed by atoms with Crippen LogP contribution in [0, 0.1) is 0 Å². The highest BCUT2D eigenvalue weighted by molar-refractivity contribution is 7.93.